The smallest absolute Gasteiger partial charge is 0.410 e. The van der Waals surface area contributed by atoms with Crippen LogP contribution in [0, 0.1) is 0 Å². The van der Waals surface area contributed by atoms with Gasteiger partial charge < -0.3 is 14.7 Å². The summed E-state index contributed by atoms with van der Waals surface area (Å²) in [6.07, 6.45) is 1.40. The molecule has 0 spiro atoms. The Labute approximate surface area is 121 Å². The van der Waals surface area contributed by atoms with Gasteiger partial charge in [0.2, 0.25) is 0 Å². The standard InChI is InChI=1S/C16H25NO3/c1-16(2,3)20-15(19)17(12-13-18)11-7-10-14-8-5-4-6-9-14/h4-6,8-9,18H,7,10-13H2,1-3H3. The number of benzene rings is 1. The first-order valence-corrected chi connectivity index (χ1v) is 7.05. The minimum atomic E-state index is -0.510. The molecule has 112 valence electrons. The summed E-state index contributed by atoms with van der Waals surface area (Å²) in [4.78, 5) is 13.5. The first kappa shape index (κ1) is 16.5. The van der Waals surface area contributed by atoms with Gasteiger partial charge in [-0.2, -0.15) is 0 Å². The van der Waals surface area contributed by atoms with Gasteiger partial charge in [0.05, 0.1) is 6.61 Å². The number of carbonyl (C=O) groups excluding carboxylic acids is 1. The molecule has 4 heteroatoms. The minimum Gasteiger partial charge on any atom is -0.444 e. The lowest BCUT2D eigenvalue weighted by atomic mass is 10.1. The first-order valence-electron chi connectivity index (χ1n) is 7.05. The predicted octanol–water partition coefficient (Wildman–Crippen LogP) is 2.85. The van der Waals surface area contributed by atoms with E-state index in [9.17, 15) is 4.79 Å². The van der Waals surface area contributed by atoms with Gasteiger partial charge in [0.25, 0.3) is 0 Å². The van der Waals surface area contributed by atoms with Crippen molar-refractivity contribution in [1.29, 1.82) is 0 Å². The Morgan fingerprint density at radius 3 is 2.40 bits per heavy atom. The molecule has 0 heterocycles. The largest absolute Gasteiger partial charge is 0.444 e. The third-order valence-corrected chi connectivity index (χ3v) is 2.76. The van der Waals surface area contributed by atoms with Gasteiger partial charge in [-0.25, -0.2) is 4.79 Å². The maximum absolute atomic E-state index is 12.0. The molecule has 0 aliphatic carbocycles. The van der Waals surface area contributed by atoms with E-state index in [0.717, 1.165) is 12.8 Å². The summed E-state index contributed by atoms with van der Waals surface area (Å²) < 4.78 is 5.33. The van der Waals surface area contributed by atoms with Crippen molar-refractivity contribution < 1.29 is 14.6 Å². The van der Waals surface area contributed by atoms with E-state index in [1.807, 2.05) is 39.0 Å². The topological polar surface area (TPSA) is 49.8 Å². The molecule has 0 aliphatic heterocycles. The lowest BCUT2D eigenvalue weighted by Crippen LogP contribution is -2.39. The van der Waals surface area contributed by atoms with E-state index < -0.39 is 5.60 Å². The van der Waals surface area contributed by atoms with E-state index in [0.29, 0.717) is 13.1 Å². The molecule has 1 rings (SSSR count). The normalized spacial score (nSPS) is 11.2. The van der Waals surface area contributed by atoms with Gasteiger partial charge in [0.15, 0.2) is 0 Å². The SMILES string of the molecule is CC(C)(C)OC(=O)N(CCO)CCCc1ccccc1. The fraction of sp³-hybridized carbons (Fsp3) is 0.562. The predicted molar refractivity (Wildman–Crippen MR) is 79.7 cm³/mol. The molecular weight excluding hydrogens is 254 g/mol. The van der Waals surface area contributed by atoms with Gasteiger partial charge >= 0.3 is 6.09 Å². The van der Waals surface area contributed by atoms with E-state index in [1.54, 1.807) is 4.90 Å². The Morgan fingerprint density at radius 2 is 1.85 bits per heavy atom. The molecule has 1 amide bonds. The summed E-state index contributed by atoms with van der Waals surface area (Å²) in [6, 6.07) is 10.2. The van der Waals surface area contributed by atoms with Crippen LogP contribution in [0.25, 0.3) is 0 Å². The zero-order valence-corrected chi connectivity index (χ0v) is 12.6. The molecule has 1 aromatic carbocycles. The van der Waals surface area contributed by atoms with Crippen LogP contribution in [0.4, 0.5) is 4.79 Å². The Bertz CT molecular complexity index is 398. The van der Waals surface area contributed by atoms with Gasteiger partial charge in [-0.15, -0.1) is 0 Å². The van der Waals surface area contributed by atoms with Crippen LogP contribution in [0.2, 0.25) is 0 Å². The van der Waals surface area contributed by atoms with Crippen molar-refractivity contribution in [2.24, 2.45) is 0 Å². The highest BCUT2D eigenvalue weighted by Gasteiger charge is 2.21. The third kappa shape index (κ3) is 6.57. The molecule has 0 fully saturated rings. The highest BCUT2D eigenvalue weighted by atomic mass is 16.6. The van der Waals surface area contributed by atoms with Crippen LogP contribution in [0.15, 0.2) is 30.3 Å². The highest BCUT2D eigenvalue weighted by Crippen LogP contribution is 2.11. The van der Waals surface area contributed by atoms with Crippen LogP contribution in [-0.2, 0) is 11.2 Å². The fourth-order valence-electron chi connectivity index (χ4n) is 1.86. The molecule has 0 unspecified atom stereocenters. The number of carbonyl (C=O) groups is 1. The van der Waals surface area contributed by atoms with E-state index in [2.05, 4.69) is 12.1 Å². The number of aliphatic hydroxyl groups is 1. The quantitative estimate of drug-likeness (QED) is 0.871. The summed E-state index contributed by atoms with van der Waals surface area (Å²) >= 11 is 0. The molecular formula is C16H25NO3. The van der Waals surface area contributed by atoms with Crippen molar-refractivity contribution in [3.8, 4) is 0 Å². The number of aryl methyl sites for hydroxylation is 1. The Hall–Kier alpha value is -1.55. The van der Waals surface area contributed by atoms with Crippen molar-refractivity contribution in [2.75, 3.05) is 19.7 Å². The second-order valence-electron chi connectivity index (χ2n) is 5.78. The lowest BCUT2D eigenvalue weighted by molar-refractivity contribution is 0.0217. The van der Waals surface area contributed by atoms with Crippen molar-refractivity contribution >= 4 is 6.09 Å². The van der Waals surface area contributed by atoms with Crippen molar-refractivity contribution in [1.82, 2.24) is 4.90 Å². The maximum atomic E-state index is 12.0. The molecule has 4 nitrogen and oxygen atoms in total. The molecule has 20 heavy (non-hydrogen) atoms. The van der Waals surface area contributed by atoms with E-state index in [-0.39, 0.29) is 12.7 Å². The highest BCUT2D eigenvalue weighted by molar-refractivity contribution is 5.68. The molecule has 0 aromatic heterocycles. The van der Waals surface area contributed by atoms with Crippen LogP contribution >= 0.6 is 0 Å². The summed E-state index contributed by atoms with van der Waals surface area (Å²) in [7, 11) is 0. The van der Waals surface area contributed by atoms with Crippen molar-refractivity contribution in [3.05, 3.63) is 35.9 Å². The number of ether oxygens (including phenoxy) is 1. The second-order valence-corrected chi connectivity index (χ2v) is 5.78. The number of hydrogen-bond acceptors (Lipinski definition) is 3. The lowest BCUT2D eigenvalue weighted by Gasteiger charge is -2.27. The molecule has 1 aromatic rings. The van der Waals surface area contributed by atoms with Gasteiger partial charge in [-0.3, -0.25) is 0 Å². The zero-order valence-electron chi connectivity index (χ0n) is 12.6. The van der Waals surface area contributed by atoms with E-state index >= 15 is 0 Å². The summed E-state index contributed by atoms with van der Waals surface area (Å²) in [5.41, 5.74) is 0.741. The molecule has 0 bridgehead atoms. The fourth-order valence-corrected chi connectivity index (χ4v) is 1.86. The molecule has 0 aliphatic rings. The van der Waals surface area contributed by atoms with Crippen molar-refractivity contribution in [2.45, 2.75) is 39.2 Å². The second kappa shape index (κ2) is 7.90. The number of aliphatic hydroxyl groups excluding tert-OH is 1. The van der Waals surface area contributed by atoms with Gasteiger partial charge in [-0.1, -0.05) is 30.3 Å². The van der Waals surface area contributed by atoms with Crippen LogP contribution in [0.1, 0.15) is 32.8 Å². The van der Waals surface area contributed by atoms with Gasteiger partial charge in [0, 0.05) is 13.1 Å². The van der Waals surface area contributed by atoms with Gasteiger partial charge in [-0.05, 0) is 39.2 Å². The Kier molecular flexibility index (Phi) is 6.52. The molecule has 0 atom stereocenters. The summed E-state index contributed by atoms with van der Waals surface area (Å²) in [5, 5.41) is 9.05. The average molecular weight is 279 g/mol. The van der Waals surface area contributed by atoms with Gasteiger partial charge in [0.1, 0.15) is 5.60 Å². The average Bonchev–Trinajstić information content (AvgIpc) is 2.37. The van der Waals surface area contributed by atoms with Crippen LogP contribution in [0.3, 0.4) is 0 Å². The van der Waals surface area contributed by atoms with E-state index in [1.165, 1.54) is 5.56 Å². The van der Waals surface area contributed by atoms with E-state index in [4.69, 9.17) is 9.84 Å². The molecule has 0 saturated heterocycles. The number of amides is 1. The number of hydrogen-bond donors (Lipinski definition) is 1. The zero-order chi connectivity index (χ0) is 15.0. The molecule has 0 radical (unpaired) electrons. The maximum Gasteiger partial charge on any atom is 0.410 e. The Balaban J connectivity index is 2.44. The van der Waals surface area contributed by atoms with Crippen LogP contribution in [-0.4, -0.2) is 41.4 Å². The number of nitrogens with zero attached hydrogens (tertiary/aromatic N) is 1. The monoisotopic (exact) mass is 279 g/mol. The molecule has 1 N–H and O–H groups in total. The Morgan fingerprint density at radius 1 is 1.20 bits per heavy atom. The van der Waals surface area contributed by atoms with Crippen molar-refractivity contribution in [3.63, 3.8) is 0 Å². The molecule has 0 saturated carbocycles. The van der Waals surface area contributed by atoms with Crippen LogP contribution in [0.5, 0.6) is 0 Å². The third-order valence-electron chi connectivity index (χ3n) is 2.76. The minimum absolute atomic E-state index is 0.0510. The number of rotatable bonds is 6. The summed E-state index contributed by atoms with van der Waals surface area (Å²) in [6.45, 7) is 6.36. The first-order chi connectivity index (χ1) is 9.42. The van der Waals surface area contributed by atoms with Crippen LogP contribution < -0.4 is 0 Å². The summed E-state index contributed by atoms with van der Waals surface area (Å²) in [5.74, 6) is 0.